The number of epoxide rings is 1. The van der Waals surface area contributed by atoms with E-state index >= 15 is 14.4 Å². The lowest BCUT2D eigenvalue weighted by Gasteiger charge is -2.58. The minimum Gasteiger partial charge on any atom is -0.459 e. The lowest BCUT2D eigenvalue weighted by Crippen LogP contribution is -2.65. The Balaban J connectivity index is 1.01. The fourth-order valence-corrected chi connectivity index (χ4v) is 15.7. The maximum atomic E-state index is 16.1. The highest BCUT2D eigenvalue weighted by atomic mass is 16.7. The standard InChI is InChI=1S/C60H80N6O7/c1-5-65-58-30-39-12-8-11-37-10-6-7-24-57(3,28-36-16-21-49(61)64-33-36)29-41-13-9-14-45-51(41)54(70)60(56(71)72-52(48(58)27-46(37)39)47-26-43(68)19-18-40(47)31-58)59(73-60,53(45)69)32-42(34-67)35(2)15-17-38-23-25-63-55-44(38)20-22-50(62-4)66-55/h8-9,12-14,16,21,23,30,33,37,40,43,46-50,52,62-68H,5-7,10-11,15,17-20,22,24-29,31-32,34,61H2,1-4H3/b42-35-/t37-,40+,43+,46+,47+,48+,49?,50+,52+,57+,58+,59-,60-/m0/s1. The van der Waals surface area contributed by atoms with Crippen molar-refractivity contribution in [3.05, 3.63) is 117 Å². The molecule has 1 spiro atoms. The lowest BCUT2D eigenvalue weighted by molar-refractivity contribution is -0.175. The summed E-state index contributed by atoms with van der Waals surface area (Å²) < 4.78 is 13.9. The van der Waals surface area contributed by atoms with Gasteiger partial charge in [0.2, 0.25) is 5.78 Å². The second-order valence-corrected chi connectivity index (χ2v) is 24.0. The topological polar surface area (TPSA) is 200 Å². The lowest BCUT2D eigenvalue weighted by atomic mass is 9.52. The quantitative estimate of drug-likeness (QED) is 0.0482. The van der Waals surface area contributed by atoms with Gasteiger partial charge in [-0.25, -0.2) is 4.79 Å². The molecule has 5 heterocycles. The second kappa shape index (κ2) is 19.8. The molecule has 13 atom stereocenters. The Morgan fingerprint density at radius 3 is 2.70 bits per heavy atom. The highest BCUT2D eigenvalue weighted by Crippen LogP contribution is 2.62. The van der Waals surface area contributed by atoms with E-state index in [1.807, 2.05) is 38.4 Å². The van der Waals surface area contributed by atoms with Crippen LogP contribution in [0.3, 0.4) is 0 Å². The fourth-order valence-electron chi connectivity index (χ4n) is 15.7. The van der Waals surface area contributed by atoms with Crippen molar-refractivity contribution in [2.24, 2.45) is 40.7 Å². The number of carbonyl (C=O) groups is 3. The van der Waals surface area contributed by atoms with Crippen molar-refractivity contribution in [3.63, 3.8) is 0 Å². The summed E-state index contributed by atoms with van der Waals surface area (Å²) in [5, 5.41) is 40.3. The molecule has 1 unspecified atom stereocenters. The van der Waals surface area contributed by atoms with Crippen LogP contribution in [0, 0.1) is 35.0 Å². The normalized spacial score (nSPS) is 38.9. The van der Waals surface area contributed by atoms with Crippen LogP contribution in [0.1, 0.15) is 150 Å². The van der Waals surface area contributed by atoms with E-state index in [0.717, 1.165) is 106 Å². The summed E-state index contributed by atoms with van der Waals surface area (Å²) in [5.74, 6) is -0.119. The SMILES string of the molecule is CCN[C@]12C=C3C=CC[C@@H]4CCCC[C@](C)(CC5=CNC(N)C=C5)Cc5cccc6c5C(=O)[C@]5(O[C@@]5(C/C(CO)=C(\C)CCC5=CCNC7=C5CC[C@H](NC)N7)C6=O)C(=O)O[C@H]([C@@H]5C[C@H](O)CC[C@@H]5C1)[C@H]2C[C@@H]34. The van der Waals surface area contributed by atoms with Crippen molar-refractivity contribution in [1.29, 1.82) is 0 Å². The Morgan fingerprint density at radius 1 is 1.04 bits per heavy atom. The van der Waals surface area contributed by atoms with Crippen LogP contribution in [0.15, 0.2) is 100 Å². The van der Waals surface area contributed by atoms with Crippen molar-refractivity contribution in [2.75, 3.05) is 26.7 Å². The fraction of sp³-hybridized carbons (Fsp3) is 0.617. The molecule has 1 saturated heterocycles. The number of ether oxygens (including phenoxy) is 2. The summed E-state index contributed by atoms with van der Waals surface area (Å²) in [5.41, 5.74) is 8.95. The van der Waals surface area contributed by atoms with E-state index in [1.165, 1.54) is 16.7 Å². The number of fused-ring (bicyclic) bond motifs is 2. The number of rotatable bonds is 11. The minimum absolute atomic E-state index is 0.117. The molecule has 5 aliphatic heterocycles. The number of aliphatic hydroxyl groups excluding tert-OH is 2. The average molecular weight is 997 g/mol. The molecule has 2 saturated carbocycles. The van der Waals surface area contributed by atoms with Gasteiger partial charge in [-0.2, -0.15) is 0 Å². The van der Waals surface area contributed by atoms with Crippen LogP contribution >= 0.6 is 0 Å². The van der Waals surface area contributed by atoms with Gasteiger partial charge >= 0.3 is 5.97 Å². The van der Waals surface area contributed by atoms with Crippen LogP contribution in [0.5, 0.6) is 0 Å². The number of hydrogen-bond acceptors (Lipinski definition) is 13. The van der Waals surface area contributed by atoms with E-state index in [9.17, 15) is 10.2 Å². The van der Waals surface area contributed by atoms with Crippen LogP contribution < -0.4 is 32.3 Å². The molecule has 13 heteroatoms. The number of ketones is 2. The number of allylic oxidation sites excluding steroid dienone is 8. The van der Waals surface area contributed by atoms with E-state index in [-0.39, 0.29) is 65.6 Å². The molecule has 3 fully saturated rings. The Bertz CT molecular complexity index is 2630. The van der Waals surface area contributed by atoms with Crippen LogP contribution in [0.4, 0.5) is 0 Å². The Hall–Kier alpha value is -4.63. The number of Topliss-reactive ketones (excluding diaryl/α,β-unsaturated/α-hetero) is 2. The molecule has 0 amide bonds. The van der Waals surface area contributed by atoms with Crippen LogP contribution in [-0.2, 0) is 20.7 Å². The third-order valence-electron chi connectivity index (χ3n) is 19.5. The first kappa shape index (κ1) is 50.5. The molecule has 392 valence electrons. The molecule has 13 nitrogen and oxygen atoms in total. The smallest absolute Gasteiger partial charge is 0.350 e. The molecule has 0 aromatic heterocycles. The largest absolute Gasteiger partial charge is 0.459 e. The van der Waals surface area contributed by atoms with Gasteiger partial charge in [0.25, 0.3) is 5.60 Å². The summed E-state index contributed by atoms with van der Waals surface area (Å²) in [6.07, 6.45) is 27.3. The minimum atomic E-state index is -2.26. The van der Waals surface area contributed by atoms with Crippen LogP contribution in [0.25, 0.3) is 0 Å². The first-order chi connectivity index (χ1) is 35.2. The summed E-state index contributed by atoms with van der Waals surface area (Å²) in [4.78, 5) is 47.8. The summed E-state index contributed by atoms with van der Waals surface area (Å²) in [6.45, 7) is 7.49. The number of hydrogen-bond donors (Lipinski definition) is 8. The van der Waals surface area contributed by atoms with E-state index in [1.54, 1.807) is 6.07 Å². The second-order valence-electron chi connectivity index (χ2n) is 24.0. The molecule has 5 aliphatic carbocycles. The van der Waals surface area contributed by atoms with Crippen molar-refractivity contribution < 1.29 is 34.1 Å². The van der Waals surface area contributed by atoms with Crippen LogP contribution in [-0.4, -0.2) is 95.8 Å². The number of likely N-dealkylation sites (N-methyl/N-ethyl adjacent to an activating group) is 1. The zero-order valence-corrected chi connectivity index (χ0v) is 43.6. The van der Waals surface area contributed by atoms with Crippen LogP contribution in [0.2, 0.25) is 0 Å². The monoisotopic (exact) mass is 997 g/mol. The maximum absolute atomic E-state index is 16.1. The Morgan fingerprint density at radius 2 is 1.90 bits per heavy atom. The third kappa shape index (κ3) is 8.85. The van der Waals surface area contributed by atoms with Gasteiger partial charge in [-0.05, 0) is 173 Å². The molecule has 11 rings (SSSR count). The van der Waals surface area contributed by atoms with E-state index in [0.29, 0.717) is 43.7 Å². The van der Waals surface area contributed by atoms with Gasteiger partial charge in [0.1, 0.15) is 11.9 Å². The Kier molecular flexibility index (Phi) is 13.7. The number of aliphatic hydroxyl groups is 2. The van der Waals surface area contributed by atoms with E-state index in [4.69, 9.17) is 15.2 Å². The van der Waals surface area contributed by atoms with Gasteiger partial charge in [0.15, 0.2) is 11.4 Å². The van der Waals surface area contributed by atoms with Gasteiger partial charge in [0.05, 0.1) is 25.0 Å². The molecule has 10 aliphatic rings. The van der Waals surface area contributed by atoms with Gasteiger partial charge in [0, 0.05) is 47.7 Å². The van der Waals surface area contributed by atoms with Gasteiger partial charge < -0.3 is 52.0 Å². The summed E-state index contributed by atoms with van der Waals surface area (Å²) in [6, 6.07) is 5.54. The van der Waals surface area contributed by atoms with Crippen molar-refractivity contribution in [2.45, 2.75) is 171 Å². The third-order valence-corrected chi connectivity index (χ3v) is 19.5. The zero-order valence-electron chi connectivity index (χ0n) is 43.6. The van der Waals surface area contributed by atoms with Gasteiger partial charge in [-0.3, -0.25) is 9.59 Å². The molecule has 4 bridgehead atoms. The average Bonchev–Trinajstić information content (AvgIpc) is 4.11. The molecule has 1 aromatic rings. The van der Waals surface area contributed by atoms with Gasteiger partial charge in [-0.15, -0.1) is 0 Å². The molecular formula is C60H80N6O7. The molecular weight excluding hydrogens is 917 g/mol. The number of nitrogens with two attached hydrogens (primary N) is 1. The molecule has 9 N–H and O–H groups in total. The van der Waals surface area contributed by atoms with Crippen molar-refractivity contribution >= 4 is 17.5 Å². The maximum Gasteiger partial charge on any atom is 0.350 e. The molecule has 1 aromatic carbocycles. The van der Waals surface area contributed by atoms with E-state index < -0.39 is 46.5 Å². The van der Waals surface area contributed by atoms with E-state index in [2.05, 4.69) is 70.8 Å². The number of benzene rings is 1. The number of nitrogens with one attached hydrogen (secondary N) is 5. The predicted molar refractivity (Wildman–Crippen MR) is 282 cm³/mol. The highest BCUT2D eigenvalue weighted by Gasteiger charge is 2.86. The zero-order chi connectivity index (χ0) is 50.9. The summed E-state index contributed by atoms with van der Waals surface area (Å²) in [7, 11) is 1.96. The van der Waals surface area contributed by atoms with Gasteiger partial charge in [-0.1, -0.05) is 80.8 Å². The molecule has 0 radical (unpaired) electrons. The number of dihydropyridines is 2. The first-order valence-corrected chi connectivity index (χ1v) is 28.0. The number of esters is 1. The summed E-state index contributed by atoms with van der Waals surface area (Å²) >= 11 is 0. The van der Waals surface area contributed by atoms with Crippen molar-refractivity contribution in [3.8, 4) is 0 Å². The highest BCUT2D eigenvalue weighted by molar-refractivity contribution is 6.33. The Labute approximate surface area is 432 Å². The molecule has 73 heavy (non-hydrogen) atoms. The first-order valence-electron chi connectivity index (χ1n) is 28.0. The number of carbonyl (C=O) groups excluding carboxylic acids is 3. The predicted octanol–water partition coefficient (Wildman–Crippen LogP) is 7.14. The van der Waals surface area contributed by atoms with Crippen molar-refractivity contribution in [1.82, 2.24) is 26.6 Å².